The maximum Gasteiger partial charge on any atom is 0.122 e. The fourth-order valence-corrected chi connectivity index (χ4v) is 5.35. The molecule has 4 aromatic carbocycles. The van der Waals surface area contributed by atoms with E-state index < -0.39 is 0 Å². The van der Waals surface area contributed by atoms with Gasteiger partial charge in [0.2, 0.25) is 0 Å². The number of hydrogen-bond acceptors (Lipinski definition) is 5. The molecule has 37 heavy (non-hydrogen) atoms. The second kappa shape index (κ2) is 11.8. The standard InChI is InChI=1S/C32H30O4S/c1-3-5-23-17-29(19-25(31(23)35)15-21-7-11-27(33)12-8-21)37-30-18-24(6-4-2)32(36)26(20-30)16-22-9-13-28(34)14-10-22/h3-4,7-14,17-20,33-36H,1-2,5-6,15-16H2. The lowest BCUT2D eigenvalue weighted by atomic mass is 9.99. The summed E-state index contributed by atoms with van der Waals surface area (Å²) >= 11 is 1.57. The van der Waals surface area contributed by atoms with Crippen LogP contribution in [0, 0.1) is 0 Å². The Morgan fingerprint density at radius 2 is 0.892 bits per heavy atom. The van der Waals surface area contributed by atoms with Crippen molar-refractivity contribution in [2.45, 2.75) is 35.5 Å². The SMILES string of the molecule is C=CCc1cc(Sc2cc(CC=C)c(O)c(Cc3ccc(O)cc3)c2)cc(Cc2ccc(O)cc2)c1O. The van der Waals surface area contributed by atoms with Crippen molar-refractivity contribution < 1.29 is 20.4 Å². The molecule has 4 nitrogen and oxygen atoms in total. The highest BCUT2D eigenvalue weighted by Gasteiger charge is 2.15. The van der Waals surface area contributed by atoms with Crippen LogP contribution in [0.15, 0.2) is 108 Å². The van der Waals surface area contributed by atoms with Crippen LogP contribution in [0.4, 0.5) is 0 Å². The molecule has 188 valence electrons. The summed E-state index contributed by atoms with van der Waals surface area (Å²) in [6, 6.07) is 21.9. The molecule has 0 saturated carbocycles. The first-order valence-corrected chi connectivity index (χ1v) is 12.8. The van der Waals surface area contributed by atoms with Crippen molar-refractivity contribution in [3.05, 3.63) is 131 Å². The van der Waals surface area contributed by atoms with Gasteiger partial charge in [0.25, 0.3) is 0 Å². The molecule has 0 bridgehead atoms. The van der Waals surface area contributed by atoms with Gasteiger partial charge in [-0.15, -0.1) is 13.2 Å². The molecule has 0 aliphatic heterocycles. The van der Waals surface area contributed by atoms with Crippen LogP contribution in [0.25, 0.3) is 0 Å². The molecule has 0 spiro atoms. The van der Waals surface area contributed by atoms with Crippen LogP contribution in [0.1, 0.15) is 33.4 Å². The lowest BCUT2D eigenvalue weighted by Gasteiger charge is -2.15. The van der Waals surface area contributed by atoms with Crippen LogP contribution in [-0.2, 0) is 25.7 Å². The Labute approximate surface area is 221 Å². The minimum absolute atomic E-state index is 0.204. The van der Waals surface area contributed by atoms with Crippen LogP contribution in [-0.4, -0.2) is 20.4 Å². The largest absolute Gasteiger partial charge is 0.508 e. The molecule has 4 N–H and O–H groups in total. The lowest BCUT2D eigenvalue weighted by molar-refractivity contribution is 0.462. The summed E-state index contributed by atoms with van der Waals surface area (Å²) in [6.07, 6.45) is 5.65. The average molecular weight is 511 g/mol. The van der Waals surface area contributed by atoms with Crippen molar-refractivity contribution in [2.75, 3.05) is 0 Å². The van der Waals surface area contributed by atoms with E-state index >= 15 is 0 Å². The molecule has 0 unspecified atom stereocenters. The molecule has 0 amide bonds. The van der Waals surface area contributed by atoms with Gasteiger partial charge in [0.15, 0.2) is 0 Å². The van der Waals surface area contributed by atoms with Gasteiger partial charge in [-0.2, -0.15) is 0 Å². The highest BCUT2D eigenvalue weighted by molar-refractivity contribution is 7.99. The molecule has 0 radical (unpaired) electrons. The number of benzene rings is 4. The van der Waals surface area contributed by atoms with E-state index in [1.54, 1.807) is 48.2 Å². The summed E-state index contributed by atoms with van der Waals surface area (Å²) < 4.78 is 0. The predicted octanol–water partition coefficient (Wildman–Crippen LogP) is 7.30. The van der Waals surface area contributed by atoms with Crippen LogP contribution in [0.2, 0.25) is 0 Å². The molecule has 4 aromatic rings. The van der Waals surface area contributed by atoms with Gasteiger partial charge in [0, 0.05) is 22.6 Å². The highest BCUT2D eigenvalue weighted by Crippen LogP contribution is 2.38. The Bertz CT molecular complexity index is 1300. The maximum atomic E-state index is 10.9. The fraction of sp³-hybridized carbons (Fsp3) is 0.125. The average Bonchev–Trinajstić information content (AvgIpc) is 2.87. The molecular formula is C32H30O4S. The third kappa shape index (κ3) is 6.57. The summed E-state index contributed by atoms with van der Waals surface area (Å²) in [5.74, 6) is 0.914. The molecular weight excluding hydrogens is 480 g/mol. The lowest BCUT2D eigenvalue weighted by Crippen LogP contribution is -1.96. The predicted molar refractivity (Wildman–Crippen MR) is 150 cm³/mol. The van der Waals surface area contributed by atoms with Gasteiger partial charge in [-0.1, -0.05) is 48.2 Å². The third-order valence-corrected chi connectivity index (χ3v) is 7.05. The Kier molecular flexibility index (Phi) is 8.26. The zero-order chi connectivity index (χ0) is 26.4. The molecule has 0 aromatic heterocycles. The Morgan fingerprint density at radius 3 is 1.24 bits per heavy atom. The first kappa shape index (κ1) is 26.0. The first-order chi connectivity index (χ1) is 17.9. The van der Waals surface area contributed by atoms with Gasteiger partial charge in [-0.05, 0) is 94.8 Å². The molecule has 0 fully saturated rings. The number of allylic oxidation sites excluding steroid dienone is 2. The van der Waals surface area contributed by atoms with Gasteiger partial charge < -0.3 is 20.4 Å². The van der Waals surface area contributed by atoms with Crippen molar-refractivity contribution in [3.8, 4) is 23.0 Å². The summed E-state index contributed by atoms with van der Waals surface area (Å²) in [4.78, 5) is 1.93. The minimum Gasteiger partial charge on any atom is -0.508 e. The molecule has 0 aliphatic rings. The van der Waals surface area contributed by atoms with Crippen LogP contribution in [0.3, 0.4) is 0 Å². The molecule has 4 rings (SSSR count). The monoisotopic (exact) mass is 510 g/mol. The Balaban J connectivity index is 1.70. The quantitative estimate of drug-likeness (QED) is 0.168. The van der Waals surface area contributed by atoms with Gasteiger partial charge in [-0.3, -0.25) is 0 Å². The van der Waals surface area contributed by atoms with Crippen molar-refractivity contribution in [3.63, 3.8) is 0 Å². The van der Waals surface area contributed by atoms with Gasteiger partial charge >= 0.3 is 0 Å². The first-order valence-electron chi connectivity index (χ1n) is 12.0. The van der Waals surface area contributed by atoms with Crippen molar-refractivity contribution in [1.82, 2.24) is 0 Å². The second-order valence-corrected chi connectivity index (χ2v) is 10.1. The number of rotatable bonds is 10. The highest BCUT2D eigenvalue weighted by atomic mass is 32.2. The minimum atomic E-state index is 0.204. The van der Waals surface area contributed by atoms with E-state index in [-0.39, 0.29) is 23.0 Å². The summed E-state index contributed by atoms with van der Waals surface area (Å²) in [5, 5.41) is 41.1. The number of phenols is 4. The fourth-order valence-electron chi connectivity index (χ4n) is 4.27. The zero-order valence-corrected chi connectivity index (χ0v) is 21.3. The van der Waals surface area contributed by atoms with Crippen molar-refractivity contribution in [2.24, 2.45) is 0 Å². The summed E-state index contributed by atoms with van der Waals surface area (Å²) in [6.45, 7) is 7.67. The normalized spacial score (nSPS) is 10.8. The summed E-state index contributed by atoms with van der Waals surface area (Å²) in [5.41, 5.74) is 5.14. The van der Waals surface area contributed by atoms with E-state index in [4.69, 9.17) is 0 Å². The number of hydrogen-bond donors (Lipinski definition) is 4. The molecule has 0 heterocycles. The Morgan fingerprint density at radius 1 is 0.541 bits per heavy atom. The molecule has 0 atom stereocenters. The van der Waals surface area contributed by atoms with E-state index in [1.165, 1.54) is 0 Å². The molecule has 0 saturated heterocycles. The van der Waals surface area contributed by atoms with Crippen molar-refractivity contribution in [1.29, 1.82) is 0 Å². The van der Waals surface area contributed by atoms with E-state index in [0.717, 1.165) is 43.2 Å². The number of aromatic hydroxyl groups is 4. The van der Waals surface area contributed by atoms with E-state index in [9.17, 15) is 20.4 Å². The maximum absolute atomic E-state index is 10.9. The Hall–Kier alpha value is -4.09. The van der Waals surface area contributed by atoms with Crippen LogP contribution in [0.5, 0.6) is 23.0 Å². The van der Waals surface area contributed by atoms with Crippen molar-refractivity contribution >= 4 is 11.8 Å². The zero-order valence-electron chi connectivity index (χ0n) is 20.5. The smallest absolute Gasteiger partial charge is 0.122 e. The summed E-state index contributed by atoms with van der Waals surface area (Å²) in [7, 11) is 0. The second-order valence-electron chi connectivity index (χ2n) is 8.95. The number of phenolic OH excluding ortho intramolecular Hbond substituents is 4. The van der Waals surface area contributed by atoms with Gasteiger partial charge in [-0.25, -0.2) is 0 Å². The van der Waals surface area contributed by atoms with Crippen LogP contribution < -0.4 is 0 Å². The van der Waals surface area contributed by atoms with Gasteiger partial charge in [0.1, 0.15) is 23.0 Å². The van der Waals surface area contributed by atoms with E-state index in [2.05, 4.69) is 13.2 Å². The van der Waals surface area contributed by atoms with E-state index in [0.29, 0.717) is 25.7 Å². The molecule has 5 heteroatoms. The van der Waals surface area contributed by atoms with Crippen LogP contribution >= 0.6 is 11.8 Å². The third-order valence-electron chi connectivity index (χ3n) is 6.11. The van der Waals surface area contributed by atoms with E-state index in [1.807, 2.05) is 48.5 Å². The molecule has 0 aliphatic carbocycles. The topological polar surface area (TPSA) is 80.9 Å². The van der Waals surface area contributed by atoms with Gasteiger partial charge in [0.05, 0.1) is 0 Å².